The second-order valence-corrected chi connectivity index (χ2v) is 13.3. The minimum atomic E-state index is -4.17. The fourth-order valence-corrected chi connectivity index (χ4v) is 8.72. The van der Waals surface area contributed by atoms with E-state index in [1.807, 2.05) is 0 Å². The fraction of sp³-hybridized carbons (Fsp3) is 0.280. The molecule has 0 aliphatic heterocycles. The van der Waals surface area contributed by atoms with Gasteiger partial charge in [0.1, 0.15) is 16.4 Å². The molecule has 4 rings (SSSR count). The van der Waals surface area contributed by atoms with E-state index in [0.29, 0.717) is 5.02 Å². The van der Waals surface area contributed by atoms with E-state index in [1.54, 1.807) is 18.2 Å². The third-order valence-electron chi connectivity index (χ3n) is 6.53. The molecule has 0 heterocycles. The van der Waals surface area contributed by atoms with Crippen molar-refractivity contribution in [3.63, 3.8) is 0 Å². The van der Waals surface area contributed by atoms with Crippen molar-refractivity contribution in [3.8, 4) is 0 Å². The van der Waals surface area contributed by atoms with Crippen LogP contribution in [0, 0.1) is 17.6 Å². The van der Waals surface area contributed by atoms with Gasteiger partial charge in [-0.1, -0.05) is 29.8 Å². The van der Waals surface area contributed by atoms with Crippen molar-refractivity contribution in [2.24, 2.45) is 5.92 Å². The van der Waals surface area contributed by atoms with Crippen LogP contribution in [-0.2, 0) is 24.4 Å². The average molecular weight is 525 g/mol. The third-order valence-corrected chi connectivity index (χ3v) is 11.2. The maximum Gasteiger partial charge on any atom is 0.188 e. The van der Waals surface area contributed by atoms with Gasteiger partial charge < -0.3 is 0 Å². The molecule has 0 atom stereocenters. The average Bonchev–Trinajstić information content (AvgIpc) is 2.82. The van der Waals surface area contributed by atoms with Crippen LogP contribution in [-0.4, -0.2) is 22.6 Å². The van der Waals surface area contributed by atoms with Gasteiger partial charge >= 0.3 is 0 Å². The van der Waals surface area contributed by atoms with Gasteiger partial charge in [-0.15, -0.1) is 0 Å². The minimum Gasteiger partial charge on any atom is -0.224 e. The molecule has 9 heteroatoms. The molecule has 0 N–H and O–H groups in total. The van der Waals surface area contributed by atoms with Crippen LogP contribution in [0.1, 0.15) is 31.2 Å². The summed E-state index contributed by atoms with van der Waals surface area (Å²) >= 11 is 5.92. The monoisotopic (exact) mass is 524 g/mol. The van der Waals surface area contributed by atoms with Crippen LogP contribution < -0.4 is 0 Å². The Kier molecular flexibility index (Phi) is 6.86. The van der Waals surface area contributed by atoms with Gasteiger partial charge in [0.15, 0.2) is 19.7 Å². The molecule has 1 aliphatic rings. The molecule has 0 saturated heterocycles. The molecule has 0 aromatic heterocycles. The van der Waals surface area contributed by atoms with Gasteiger partial charge in [0.2, 0.25) is 0 Å². The molecule has 3 aromatic rings. The summed E-state index contributed by atoms with van der Waals surface area (Å²) < 4.78 is 80.7. The first kappa shape index (κ1) is 24.8. The number of sulfone groups is 2. The Morgan fingerprint density at radius 2 is 1.44 bits per heavy atom. The van der Waals surface area contributed by atoms with E-state index in [1.165, 1.54) is 36.4 Å². The zero-order valence-electron chi connectivity index (χ0n) is 18.1. The molecular weight excluding hydrogens is 502 g/mol. The maximum atomic E-state index is 15.0. The SMILES string of the molecule is O=S(=O)(CC1CCC(c2cc(F)ccc2F)(S(=O)(=O)c2ccc(Cl)cc2)CC1)c1ccccc1. The smallest absolute Gasteiger partial charge is 0.188 e. The Bertz CT molecular complexity index is 1380. The quantitative estimate of drug-likeness (QED) is 0.399. The fourth-order valence-electron chi connectivity index (χ4n) is 4.71. The summed E-state index contributed by atoms with van der Waals surface area (Å²) in [5, 5.41) is 0.347. The van der Waals surface area contributed by atoms with Crippen LogP contribution >= 0.6 is 11.6 Å². The van der Waals surface area contributed by atoms with Gasteiger partial charge in [0, 0.05) is 10.6 Å². The molecule has 34 heavy (non-hydrogen) atoms. The molecule has 0 spiro atoms. The summed E-state index contributed by atoms with van der Waals surface area (Å²) in [6.45, 7) is 0. The van der Waals surface area contributed by atoms with E-state index in [9.17, 15) is 25.6 Å². The standard InChI is InChI=1S/C25H23ClF2O4S2/c26-19-6-9-22(10-7-19)34(31,32)25(23-16-20(27)8-11-24(23)28)14-12-18(13-15-25)17-33(29,30)21-4-2-1-3-5-21/h1-11,16,18H,12-15,17H2. The Balaban J connectivity index is 1.70. The summed E-state index contributed by atoms with van der Waals surface area (Å²) in [7, 11) is -7.73. The number of rotatable bonds is 6. The summed E-state index contributed by atoms with van der Waals surface area (Å²) in [5.74, 6) is -2.00. The highest BCUT2D eigenvalue weighted by Crippen LogP contribution is 2.49. The Morgan fingerprint density at radius 3 is 2.06 bits per heavy atom. The lowest BCUT2D eigenvalue weighted by Gasteiger charge is -2.40. The summed E-state index contributed by atoms with van der Waals surface area (Å²) in [4.78, 5) is 0.160. The van der Waals surface area contributed by atoms with Crippen molar-refractivity contribution < 1.29 is 25.6 Å². The van der Waals surface area contributed by atoms with E-state index in [2.05, 4.69) is 0 Å². The lowest BCUT2D eigenvalue weighted by Crippen LogP contribution is -2.41. The van der Waals surface area contributed by atoms with Crippen molar-refractivity contribution in [2.45, 2.75) is 40.2 Å². The number of hydrogen-bond donors (Lipinski definition) is 0. The van der Waals surface area contributed by atoms with Crippen LogP contribution in [0.25, 0.3) is 0 Å². The third kappa shape index (κ3) is 4.63. The molecule has 0 amide bonds. The zero-order chi connectivity index (χ0) is 24.6. The van der Waals surface area contributed by atoms with Crippen molar-refractivity contribution in [2.75, 3.05) is 5.75 Å². The number of benzene rings is 3. The van der Waals surface area contributed by atoms with Crippen LogP contribution in [0.2, 0.25) is 5.02 Å². The van der Waals surface area contributed by atoms with Crippen molar-refractivity contribution in [1.29, 1.82) is 0 Å². The van der Waals surface area contributed by atoms with Crippen LogP contribution in [0.4, 0.5) is 8.78 Å². The van der Waals surface area contributed by atoms with E-state index >= 15 is 0 Å². The lowest BCUT2D eigenvalue weighted by atomic mass is 9.78. The van der Waals surface area contributed by atoms with E-state index < -0.39 is 36.1 Å². The molecule has 3 aromatic carbocycles. The van der Waals surface area contributed by atoms with Crippen molar-refractivity contribution >= 4 is 31.3 Å². The molecule has 1 saturated carbocycles. The van der Waals surface area contributed by atoms with Gasteiger partial charge in [0.05, 0.1) is 15.5 Å². The summed E-state index contributed by atoms with van der Waals surface area (Å²) in [5.41, 5.74) is -0.230. The maximum absolute atomic E-state index is 15.0. The van der Waals surface area contributed by atoms with E-state index in [4.69, 9.17) is 11.6 Å². The first-order valence-electron chi connectivity index (χ1n) is 10.8. The highest BCUT2D eigenvalue weighted by atomic mass is 35.5. The molecule has 180 valence electrons. The van der Waals surface area contributed by atoms with Crippen LogP contribution in [0.5, 0.6) is 0 Å². The van der Waals surface area contributed by atoms with Crippen LogP contribution in [0.3, 0.4) is 0 Å². The highest BCUT2D eigenvalue weighted by molar-refractivity contribution is 7.92. The van der Waals surface area contributed by atoms with Crippen LogP contribution in [0.15, 0.2) is 82.6 Å². The molecule has 1 fully saturated rings. The molecule has 0 radical (unpaired) electrons. The minimum absolute atomic E-state index is 0.0344. The Hall–Kier alpha value is -2.29. The molecule has 0 bridgehead atoms. The van der Waals surface area contributed by atoms with Gasteiger partial charge in [-0.05, 0) is 86.2 Å². The van der Waals surface area contributed by atoms with E-state index in [-0.39, 0.29) is 52.7 Å². The van der Waals surface area contributed by atoms with Gasteiger partial charge in [-0.25, -0.2) is 25.6 Å². The highest BCUT2D eigenvalue weighted by Gasteiger charge is 2.50. The van der Waals surface area contributed by atoms with Gasteiger partial charge in [0.25, 0.3) is 0 Å². The largest absolute Gasteiger partial charge is 0.224 e. The first-order chi connectivity index (χ1) is 16.0. The first-order valence-corrected chi connectivity index (χ1v) is 14.3. The molecular formula is C25H23ClF2O4S2. The second-order valence-electron chi connectivity index (χ2n) is 8.61. The topological polar surface area (TPSA) is 68.3 Å². The van der Waals surface area contributed by atoms with Crippen molar-refractivity contribution in [3.05, 3.63) is 95.0 Å². The lowest BCUT2D eigenvalue weighted by molar-refractivity contribution is 0.303. The predicted octanol–water partition coefficient (Wildman–Crippen LogP) is 5.95. The normalized spacial score (nSPS) is 21.3. The molecule has 0 unspecified atom stereocenters. The van der Waals surface area contributed by atoms with Crippen molar-refractivity contribution in [1.82, 2.24) is 0 Å². The molecule has 4 nitrogen and oxygen atoms in total. The summed E-state index contributed by atoms with van der Waals surface area (Å²) in [6.07, 6.45) is 0.393. The zero-order valence-corrected chi connectivity index (χ0v) is 20.5. The van der Waals surface area contributed by atoms with E-state index in [0.717, 1.165) is 18.2 Å². The Morgan fingerprint density at radius 1 is 0.824 bits per heavy atom. The summed E-state index contributed by atoms with van der Waals surface area (Å²) in [6, 6.07) is 16.4. The molecule has 1 aliphatic carbocycles. The predicted molar refractivity (Wildman–Crippen MR) is 127 cm³/mol. The number of hydrogen-bond acceptors (Lipinski definition) is 4. The number of halogens is 3. The second kappa shape index (κ2) is 9.40. The van der Waals surface area contributed by atoms with Gasteiger partial charge in [-0.3, -0.25) is 0 Å². The Labute approximate surface area is 203 Å². The van der Waals surface area contributed by atoms with Gasteiger partial charge in [-0.2, -0.15) is 0 Å².